The van der Waals surface area contributed by atoms with Crippen LogP contribution in [0.5, 0.6) is 0 Å². The van der Waals surface area contributed by atoms with Gasteiger partial charge in [-0.3, -0.25) is 0 Å². The Morgan fingerprint density at radius 3 is 2.50 bits per heavy atom. The van der Waals surface area contributed by atoms with Gasteiger partial charge in [0, 0.05) is 19.6 Å². The summed E-state index contributed by atoms with van der Waals surface area (Å²) in [6, 6.07) is 8.69. The van der Waals surface area contributed by atoms with Crippen LogP contribution >= 0.6 is 0 Å². The van der Waals surface area contributed by atoms with E-state index < -0.39 is 38.5 Å². The lowest BCUT2D eigenvalue weighted by Gasteiger charge is -2.36. The van der Waals surface area contributed by atoms with Crippen LogP contribution in [-0.4, -0.2) is 32.4 Å². The van der Waals surface area contributed by atoms with Crippen molar-refractivity contribution in [2.45, 2.75) is 17.1 Å². The monoisotopic (exact) mass is 388 g/mol. The number of hydrogen-bond acceptors (Lipinski definition) is 3. The van der Waals surface area contributed by atoms with E-state index in [-0.39, 0.29) is 13.1 Å². The Bertz CT molecular complexity index is 900. The molecule has 0 aliphatic carbocycles. The first kappa shape index (κ1) is 18.8. The molecule has 0 saturated carbocycles. The first-order valence-corrected chi connectivity index (χ1v) is 9.29. The summed E-state index contributed by atoms with van der Waals surface area (Å²) in [6.45, 7) is 0.450. The highest BCUT2D eigenvalue weighted by Gasteiger charge is 2.41. The Balaban J connectivity index is 2.08. The van der Waals surface area contributed by atoms with Gasteiger partial charge in [-0.2, -0.15) is 17.5 Å². The molecule has 1 saturated heterocycles. The van der Waals surface area contributed by atoms with Gasteiger partial charge in [-0.1, -0.05) is 24.3 Å². The molecule has 0 radical (unpaired) electrons. The largest absolute Gasteiger partial charge is 0.417 e. The number of nitrogens with one attached hydrogen (secondary N) is 1. The Morgan fingerprint density at radius 1 is 1.08 bits per heavy atom. The van der Waals surface area contributed by atoms with Crippen molar-refractivity contribution >= 4 is 10.0 Å². The highest BCUT2D eigenvalue weighted by molar-refractivity contribution is 7.89. The summed E-state index contributed by atoms with van der Waals surface area (Å²) in [5.74, 6) is -0.541. The van der Waals surface area contributed by atoms with E-state index >= 15 is 0 Å². The molecule has 0 spiro atoms. The predicted octanol–water partition coefficient (Wildman–Crippen LogP) is 3.18. The number of rotatable bonds is 3. The summed E-state index contributed by atoms with van der Waals surface area (Å²) in [5.41, 5.74) is -0.832. The lowest BCUT2D eigenvalue weighted by molar-refractivity contribution is -0.139. The van der Waals surface area contributed by atoms with Gasteiger partial charge >= 0.3 is 6.18 Å². The molecular weight excluding hydrogens is 372 g/mol. The lowest BCUT2D eigenvalue weighted by Crippen LogP contribution is -2.48. The van der Waals surface area contributed by atoms with Gasteiger partial charge < -0.3 is 5.32 Å². The van der Waals surface area contributed by atoms with E-state index in [1.54, 1.807) is 6.07 Å². The van der Waals surface area contributed by atoms with Crippen molar-refractivity contribution in [3.8, 4) is 0 Å². The van der Waals surface area contributed by atoms with E-state index in [0.717, 1.165) is 22.5 Å². The van der Waals surface area contributed by atoms with Crippen LogP contribution in [0.4, 0.5) is 17.6 Å². The van der Waals surface area contributed by atoms with Crippen molar-refractivity contribution in [2.75, 3.05) is 19.6 Å². The van der Waals surface area contributed by atoms with Crippen LogP contribution in [0.3, 0.4) is 0 Å². The standard InChI is InChI=1S/C17H16F4N2O2S/c18-13-5-3-4-12(10-13)15-11-22-8-9-23(15)26(24,25)16-7-2-1-6-14(16)17(19,20)21/h1-7,10,15,22H,8-9,11H2. The quantitative estimate of drug-likeness (QED) is 0.822. The maximum Gasteiger partial charge on any atom is 0.417 e. The molecule has 1 unspecified atom stereocenters. The zero-order valence-electron chi connectivity index (χ0n) is 13.5. The molecule has 26 heavy (non-hydrogen) atoms. The molecule has 1 heterocycles. The fourth-order valence-corrected chi connectivity index (χ4v) is 4.85. The van der Waals surface area contributed by atoms with Gasteiger partial charge in [-0.15, -0.1) is 0 Å². The SMILES string of the molecule is O=S(=O)(c1ccccc1C(F)(F)F)N1CCNCC1c1cccc(F)c1. The Labute approximate surface area is 148 Å². The molecule has 1 atom stereocenters. The van der Waals surface area contributed by atoms with Crippen molar-refractivity contribution in [1.29, 1.82) is 0 Å². The second kappa shape index (κ2) is 6.98. The third kappa shape index (κ3) is 3.60. The molecule has 1 aliphatic rings. The first-order valence-electron chi connectivity index (χ1n) is 7.85. The molecule has 2 aromatic rings. The summed E-state index contributed by atoms with van der Waals surface area (Å²) in [5, 5.41) is 3.00. The molecule has 0 amide bonds. The Morgan fingerprint density at radius 2 is 1.81 bits per heavy atom. The second-order valence-electron chi connectivity index (χ2n) is 5.88. The fraction of sp³-hybridized carbons (Fsp3) is 0.294. The van der Waals surface area contributed by atoms with Crippen molar-refractivity contribution in [2.24, 2.45) is 0 Å². The zero-order chi connectivity index (χ0) is 18.9. The van der Waals surface area contributed by atoms with Crippen LogP contribution in [0.25, 0.3) is 0 Å². The normalized spacial score (nSPS) is 19.5. The minimum atomic E-state index is -4.80. The average Bonchev–Trinajstić information content (AvgIpc) is 2.61. The van der Waals surface area contributed by atoms with E-state index in [1.165, 1.54) is 24.3 Å². The minimum Gasteiger partial charge on any atom is -0.313 e. The lowest BCUT2D eigenvalue weighted by atomic mass is 10.1. The highest BCUT2D eigenvalue weighted by Crippen LogP contribution is 2.37. The fourth-order valence-electron chi connectivity index (χ4n) is 3.02. The van der Waals surface area contributed by atoms with Crippen molar-refractivity contribution in [1.82, 2.24) is 9.62 Å². The van der Waals surface area contributed by atoms with Crippen LogP contribution < -0.4 is 5.32 Å². The molecule has 2 aromatic carbocycles. The molecule has 0 aromatic heterocycles. The van der Waals surface area contributed by atoms with Gasteiger partial charge in [-0.05, 0) is 29.8 Å². The first-order chi connectivity index (χ1) is 12.2. The molecule has 140 valence electrons. The Kier molecular flexibility index (Phi) is 5.05. The highest BCUT2D eigenvalue weighted by atomic mass is 32.2. The number of sulfonamides is 1. The number of benzene rings is 2. The summed E-state index contributed by atoms with van der Waals surface area (Å²) in [7, 11) is -4.44. The number of nitrogens with zero attached hydrogens (tertiary/aromatic N) is 1. The number of hydrogen-bond donors (Lipinski definition) is 1. The van der Waals surface area contributed by atoms with E-state index in [2.05, 4.69) is 5.32 Å². The number of piperazine rings is 1. The molecule has 1 fully saturated rings. The summed E-state index contributed by atoms with van der Waals surface area (Å²) in [4.78, 5) is -0.796. The van der Waals surface area contributed by atoms with Crippen LogP contribution in [-0.2, 0) is 16.2 Å². The topological polar surface area (TPSA) is 49.4 Å². The van der Waals surface area contributed by atoms with Crippen LogP contribution in [0.15, 0.2) is 53.4 Å². The molecular formula is C17H16F4N2O2S. The third-order valence-corrected chi connectivity index (χ3v) is 6.17. The second-order valence-corrected chi connectivity index (χ2v) is 7.74. The van der Waals surface area contributed by atoms with Crippen molar-refractivity contribution in [3.63, 3.8) is 0 Å². The molecule has 1 N–H and O–H groups in total. The van der Waals surface area contributed by atoms with Crippen molar-refractivity contribution < 1.29 is 26.0 Å². The van der Waals surface area contributed by atoms with Gasteiger partial charge in [0.25, 0.3) is 0 Å². The molecule has 3 rings (SSSR count). The molecule has 4 nitrogen and oxygen atoms in total. The third-order valence-electron chi connectivity index (χ3n) is 4.21. The van der Waals surface area contributed by atoms with E-state index in [1.807, 2.05) is 0 Å². The van der Waals surface area contributed by atoms with Gasteiger partial charge in [-0.25, -0.2) is 12.8 Å². The van der Waals surface area contributed by atoms with Gasteiger partial charge in [0.05, 0.1) is 16.5 Å². The maximum atomic E-state index is 13.6. The average molecular weight is 388 g/mol. The van der Waals surface area contributed by atoms with E-state index in [0.29, 0.717) is 12.1 Å². The van der Waals surface area contributed by atoms with E-state index in [9.17, 15) is 26.0 Å². The van der Waals surface area contributed by atoms with Crippen LogP contribution in [0.2, 0.25) is 0 Å². The minimum absolute atomic E-state index is 0.0182. The number of halogens is 4. The number of alkyl halides is 3. The molecule has 9 heteroatoms. The van der Waals surface area contributed by atoms with Gasteiger partial charge in [0.15, 0.2) is 0 Å². The molecule has 0 bridgehead atoms. The molecule has 1 aliphatic heterocycles. The smallest absolute Gasteiger partial charge is 0.313 e. The van der Waals surface area contributed by atoms with Gasteiger partial charge in [0.2, 0.25) is 10.0 Å². The summed E-state index contributed by atoms with van der Waals surface area (Å²) >= 11 is 0. The van der Waals surface area contributed by atoms with E-state index in [4.69, 9.17) is 0 Å². The van der Waals surface area contributed by atoms with Crippen LogP contribution in [0.1, 0.15) is 17.2 Å². The van der Waals surface area contributed by atoms with Crippen LogP contribution in [0, 0.1) is 5.82 Å². The summed E-state index contributed by atoms with van der Waals surface area (Å²) in [6.07, 6.45) is -4.80. The van der Waals surface area contributed by atoms with Gasteiger partial charge in [0.1, 0.15) is 5.82 Å². The predicted molar refractivity (Wildman–Crippen MR) is 87.3 cm³/mol. The van der Waals surface area contributed by atoms with Crippen molar-refractivity contribution in [3.05, 3.63) is 65.5 Å². The maximum absolute atomic E-state index is 13.6. The summed E-state index contributed by atoms with van der Waals surface area (Å²) < 4.78 is 80.4. The Hall–Kier alpha value is -1.97. The zero-order valence-corrected chi connectivity index (χ0v) is 14.3.